The summed E-state index contributed by atoms with van der Waals surface area (Å²) in [6.07, 6.45) is 0.0694. The van der Waals surface area contributed by atoms with Gasteiger partial charge in [0.25, 0.3) is 0 Å². The number of ether oxygens (including phenoxy) is 2. The van der Waals surface area contributed by atoms with Crippen LogP contribution in [-0.4, -0.2) is 25.9 Å². The lowest BCUT2D eigenvalue weighted by molar-refractivity contribution is 0.0650. The Kier molecular flexibility index (Phi) is 6.76. The molecule has 0 aliphatic rings. The van der Waals surface area contributed by atoms with Crippen LogP contribution in [0.3, 0.4) is 0 Å². The van der Waals surface area contributed by atoms with Crippen molar-refractivity contribution >= 4 is 0 Å². The van der Waals surface area contributed by atoms with E-state index in [-0.39, 0.29) is 6.10 Å². The van der Waals surface area contributed by atoms with Crippen LogP contribution < -0.4 is 10.1 Å². The summed E-state index contributed by atoms with van der Waals surface area (Å²) in [4.78, 5) is 0. The van der Waals surface area contributed by atoms with Gasteiger partial charge in [0.2, 0.25) is 0 Å². The predicted octanol–water partition coefficient (Wildman–Crippen LogP) is 3.16. The van der Waals surface area contributed by atoms with Crippen LogP contribution in [0.4, 0.5) is 0 Å². The van der Waals surface area contributed by atoms with Crippen molar-refractivity contribution in [2.24, 2.45) is 0 Å². The Bertz CT molecular complexity index is 341. The number of rotatable bonds is 8. The summed E-state index contributed by atoms with van der Waals surface area (Å²) >= 11 is 0. The molecule has 2 atom stereocenters. The van der Waals surface area contributed by atoms with Gasteiger partial charge in [0, 0.05) is 18.2 Å². The standard InChI is InChI=1S/C15H25NO2/c1-5-16-13(4)14-9-7-8-10-15(14)18-12(3)11-17-6-2/h7-10,12-13,16H,5-6,11H2,1-4H3. The summed E-state index contributed by atoms with van der Waals surface area (Å²) in [5, 5.41) is 3.41. The van der Waals surface area contributed by atoms with Gasteiger partial charge in [-0.15, -0.1) is 0 Å². The molecule has 0 aromatic heterocycles. The molecule has 0 fully saturated rings. The van der Waals surface area contributed by atoms with E-state index >= 15 is 0 Å². The number of para-hydroxylation sites is 1. The molecule has 1 aromatic rings. The highest BCUT2D eigenvalue weighted by Crippen LogP contribution is 2.25. The second-order valence-corrected chi connectivity index (χ2v) is 4.41. The first-order valence-electron chi connectivity index (χ1n) is 6.75. The van der Waals surface area contributed by atoms with E-state index in [4.69, 9.17) is 9.47 Å². The minimum atomic E-state index is 0.0694. The Morgan fingerprint density at radius 3 is 2.56 bits per heavy atom. The molecular weight excluding hydrogens is 226 g/mol. The second kappa shape index (κ2) is 8.11. The third-order valence-corrected chi connectivity index (χ3v) is 2.78. The molecule has 1 rings (SSSR count). The average molecular weight is 251 g/mol. The molecule has 1 aromatic carbocycles. The maximum Gasteiger partial charge on any atom is 0.124 e. The number of nitrogens with one attached hydrogen (secondary N) is 1. The van der Waals surface area contributed by atoms with Gasteiger partial charge in [-0.1, -0.05) is 25.1 Å². The highest BCUT2D eigenvalue weighted by molar-refractivity contribution is 5.35. The van der Waals surface area contributed by atoms with E-state index in [0.29, 0.717) is 12.6 Å². The van der Waals surface area contributed by atoms with E-state index in [1.54, 1.807) is 0 Å². The molecule has 3 nitrogen and oxygen atoms in total. The smallest absolute Gasteiger partial charge is 0.124 e. The SMILES string of the molecule is CCNC(C)c1ccccc1OC(C)COCC. The van der Waals surface area contributed by atoms with Crippen molar-refractivity contribution in [3.63, 3.8) is 0 Å². The van der Waals surface area contributed by atoms with Gasteiger partial charge in [0.1, 0.15) is 11.9 Å². The molecule has 0 aliphatic heterocycles. The van der Waals surface area contributed by atoms with Crippen molar-refractivity contribution in [2.75, 3.05) is 19.8 Å². The van der Waals surface area contributed by atoms with Crippen LogP contribution >= 0.6 is 0 Å². The third kappa shape index (κ3) is 4.67. The van der Waals surface area contributed by atoms with Gasteiger partial charge in [-0.25, -0.2) is 0 Å². The van der Waals surface area contributed by atoms with Crippen LogP contribution in [0.25, 0.3) is 0 Å². The Morgan fingerprint density at radius 2 is 1.89 bits per heavy atom. The van der Waals surface area contributed by atoms with Crippen molar-refractivity contribution in [2.45, 2.75) is 39.8 Å². The fourth-order valence-corrected chi connectivity index (χ4v) is 1.90. The zero-order chi connectivity index (χ0) is 13.4. The molecule has 0 saturated carbocycles. The van der Waals surface area contributed by atoms with Crippen LogP contribution in [0.2, 0.25) is 0 Å². The van der Waals surface area contributed by atoms with Gasteiger partial charge in [-0.2, -0.15) is 0 Å². The highest BCUT2D eigenvalue weighted by atomic mass is 16.5. The van der Waals surface area contributed by atoms with E-state index < -0.39 is 0 Å². The first-order valence-corrected chi connectivity index (χ1v) is 6.75. The molecule has 3 heteroatoms. The van der Waals surface area contributed by atoms with E-state index in [1.807, 2.05) is 32.0 Å². The summed E-state index contributed by atoms with van der Waals surface area (Å²) in [6.45, 7) is 10.6. The Morgan fingerprint density at radius 1 is 1.17 bits per heavy atom. The van der Waals surface area contributed by atoms with E-state index in [0.717, 1.165) is 18.9 Å². The van der Waals surface area contributed by atoms with Gasteiger partial charge in [0.15, 0.2) is 0 Å². The van der Waals surface area contributed by atoms with Crippen molar-refractivity contribution in [3.05, 3.63) is 29.8 Å². The van der Waals surface area contributed by atoms with E-state index in [9.17, 15) is 0 Å². The van der Waals surface area contributed by atoms with E-state index in [2.05, 4.69) is 25.2 Å². The van der Waals surface area contributed by atoms with Crippen molar-refractivity contribution in [1.29, 1.82) is 0 Å². The normalized spacial score (nSPS) is 14.2. The maximum absolute atomic E-state index is 5.95. The van der Waals surface area contributed by atoms with Crippen LogP contribution in [-0.2, 0) is 4.74 Å². The first-order chi connectivity index (χ1) is 8.69. The molecule has 0 saturated heterocycles. The second-order valence-electron chi connectivity index (χ2n) is 4.41. The maximum atomic E-state index is 5.95. The predicted molar refractivity (Wildman–Crippen MR) is 75.1 cm³/mol. The number of hydrogen-bond donors (Lipinski definition) is 1. The number of benzene rings is 1. The fourth-order valence-electron chi connectivity index (χ4n) is 1.90. The lowest BCUT2D eigenvalue weighted by Crippen LogP contribution is -2.22. The Labute approximate surface area is 110 Å². The number of hydrogen-bond acceptors (Lipinski definition) is 3. The zero-order valence-corrected chi connectivity index (χ0v) is 11.9. The van der Waals surface area contributed by atoms with Gasteiger partial charge in [-0.3, -0.25) is 0 Å². The Hall–Kier alpha value is -1.06. The minimum Gasteiger partial charge on any atom is -0.488 e. The summed E-state index contributed by atoms with van der Waals surface area (Å²) in [6, 6.07) is 8.47. The highest BCUT2D eigenvalue weighted by Gasteiger charge is 2.12. The third-order valence-electron chi connectivity index (χ3n) is 2.78. The first kappa shape index (κ1) is 15.0. The summed E-state index contributed by atoms with van der Waals surface area (Å²) in [5.74, 6) is 0.943. The Balaban J connectivity index is 2.69. The quantitative estimate of drug-likeness (QED) is 0.770. The fraction of sp³-hybridized carbons (Fsp3) is 0.600. The molecule has 18 heavy (non-hydrogen) atoms. The van der Waals surface area contributed by atoms with Crippen molar-refractivity contribution in [3.8, 4) is 5.75 Å². The van der Waals surface area contributed by atoms with Crippen LogP contribution in [0, 0.1) is 0 Å². The molecule has 102 valence electrons. The van der Waals surface area contributed by atoms with Gasteiger partial charge in [0.05, 0.1) is 6.61 Å². The van der Waals surface area contributed by atoms with Gasteiger partial charge < -0.3 is 14.8 Å². The van der Waals surface area contributed by atoms with Crippen LogP contribution in [0.5, 0.6) is 5.75 Å². The molecule has 0 heterocycles. The van der Waals surface area contributed by atoms with Gasteiger partial charge in [-0.05, 0) is 33.4 Å². The molecule has 1 N–H and O–H groups in total. The summed E-state index contributed by atoms with van der Waals surface area (Å²) in [7, 11) is 0. The minimum absolute atomic E-state index is 0.0694. The molecular formula is C15H25NO2. The van der Waals surface area contributed by atoms with Gasteiger partial charge >= 0.3 is 0 Å². The molecule has 0 amide bonds. The zero-order valence-electron chi connectivity index (χ0n) is 11.9. The van der Waals surface area contributed by atoms with Crippen molar-refractivity contribution in [1.82, 2.24) is 5.32 Å². The van der Waals surface area contributed by atoms with Crippen molar-refractivity contribution < 1.29 is 9.47 Å². The average Bonchev–Trinajstić information content (AvgIpc) is 2.37. The molecule has 0 aliphatic carbocycles. The monoisotopic (exact) mass is 251 g/mol. The van der Waals surface area contributed by atoms with Crippen LogP contribution in [0.15, 0.2) is 24.3 Å². The van der Waals surface area contributed by atoms with Crippen LogP contribution in [0.1, 0.15) is 39.3 Å². The lowest BCUT2D eigenvalue weighted by atomic mass is 10.1. The summed E-state index contributed by atoms with van der Waals surface area (Å²) < 4.78 is 11.3. The topological polar surface area (TPSA) is 30.5 Å². The molecule has 0 spiro atoms. The lowest BCUT2D eigenvalue weighted by Gasteiger charge is -2.20. The molecule has 2 unspecified atom stereocenters. The largest absolute Gasteiger partial charge is 0.488 e. The molecule has 0 bridgehead atoms. The van der Waals surface area contributed by atoms with E-state index in [1.165, 1.54) is 5.56 Å². The molecule has 0 radical (unpaired) electrons. The summed E-state index contributed by atoms with van der Waals surface area (Å²) in [5.41, 5.74) is 1.20.